The van der Waals surface area contributed by atoms with Gasteiger partial charge in [-0.25, -0.2) is 0 Å². The van der Waals surface area contributed by atoms with Gasteiger partial charge >= 0.3 is 12.8 Å². The molecule has 0 saturated heterocycles. The van der Waals surface area contributed by atoms with E-state index in [2.05, 4.69) is 19.8 Å². The van der Waals surface area contributed by atoms with Gasteiger partial charge in [-0.05, 0) is 49.1 Å². The van der Waals surface area contributed by atoms with Crippen LogP contribution in [0.3, 0.4) is 0 Å². The highest BCUT2D eigenvalue weighted by Gasteiger charge is 2.44. The molecular weight excluding hydrogens is 411 g/mol. The third-order valence-electron chi connectivity index (χ3n) is 4.60. The van der Waals surface area contributed by atoms with Crippen LogP contribution in [0.1, 0.15) is 36.6 Å². The Morgan fingerprint density at radius 3 is 2.63 bits per heavy atom. The van der Waals surface area contributed by atoms with E-state index in [4.69, 9.17) is 0 Å². The number of amides is 1. The van der Waals surface area contributed by atoms with Crippen LogP contribution in [0.2, 0.25) is 0 Å². The van der Waals surface area contributed by atoms with Crippen LogP contribution in [-0.4, -0.2) is 30.3 Å². The molecule has 1 aromatic heterocycles. The highest BCUT2D eigenvalue weighted by Crippen LogP contribution is 2.48. The number of halogens is 5. The zero-order valence-corrected chi connectivity index (χ0v) is 15.8. The van der Waals surface area contributed by atoms with Crippen LogP contribution >= 0.6 is 0 Å². The minimum absolute atomic E-state index is 0.0252. The summed E-state index contributed by atoms with van der Waals surface area (Å²) in [6.45, 7) is -2.63. The zero-order valence-electron chi connectivity index (χ0n) is 15.8. The number of ether oxygens (including phenoxy) is 2. The number of nitrogens with one attached hydrogen (secondary N) is 1. The molecule has 10 heteroatoms. The fourth-order valence-corrected chi connectivity index (χ4v) is 3.07. The van der Waals surface area contributed by atoms with Gasteiger partial charge in [0.05, 0.1) is 17.9 Å². The number of carbonyl (C=O) groups excluding carboxylic acids is 1. The largest absolute Gasteiger partial charge is 0.483 e. The standard InChI is InChI=1S/C20H19F5N2O3/c1-11(17-6-5-14(9-26-17)29-10-20(23,24)25)27-18(28)16-8-15(16)12-3-2-4-13(7-12)30-19(21)22/h2-7,9,11,15-16,19H,8,10H2,1H3,(H,27,28)/t11-,15?,16?/m1/s1. The van der Waals surface area contributed by atoms with Crippen LogP contribution in [0.25, 0.3) is 0 Å². The van der Waals surface area contributed by atoms with Crippen LogP contribution < -0.4 is 14.8 Å². The molecule has 162 valence electrons. The van der Waals surface area contributed by atoms with Crippen molar-refractivity contribution >= 4 is 5.91 Å². The minimum atomic E-state index is -4.44. The predicted molar refractivity (Wildman–Crippen MR) is 96.3 cm³/mol. The maximum Gasteiger partial charge on any atom is 0.422 e. The van der Waals surface area contributed by atoms with Crippen molar-refractivity contribution < 1.29 is 36.2 Å². The number of rotatable bonds is 8. The van der Waals surface area contributed by atoms with E-state index in [0.717, 1.165) is 11.8 Å². The Morgan fingerprint density at radius 2 is 2.00 bits per heavy atom. The summed E-state index contributed by atoms with van der Waals surface area (Å²) < 4.78 is 70.2. The van der Waals surface area contributed by atoms with E-state index in [9.17, 15) is 26.7 Å². The van der Waals surface area contributed by atoms with Gasteiger partial charge < -0.3 is 14.8 Å². The maximum atomic E-state index is 12.5. The maximum absolute atomic E-state index is 12.5. The van der Waals surface area contributed by atoms with Gasteiger partial charge in [0.25, 0.3) is 0 Å². The zero-order chi connectivity index (χ0) is 21.9. The molecule has 0 radical (unpaired) electrons. The van der Waals surface area contributed by atoms with Crippen LogP contribution in [0.5, 0.6) is 11.5 Å². The molecule has 3 rings (SSSR count). The fraction of sp³-hybridized carbons (Fsp3) is 0.400. The van der Waals surface area contributed by atoms with E-state index in [1.54, 1.807) is 19.1 Å². The minimum Gasteiger partial charge on any atom is -0.483 e. The highest BCUT2D eigenvalue weighted by molar-refractivity contribution is 5.83. The highest BCUT2D eigenvalue weighted by atomic mass is 19.4. The first-order valence-electron chi connectivity index (χ1n) is 9.13. The second-order valence-corrected chi connectivity index (χ2v) is 6.95. The van der Waals surface area contributed by atoms with E-state index in [0.29, 0.717) is 12.1 Å². The van der Waals surface area contributed by atoms with Gasteiger partial charge in [0.2, 0.25) is 5.91 Å². The van der Waals surface area contributed by atoms with E-state index >= 15 is 0 Å². The number of aromatic nitrogens is 1. The van der Waals surface area contributed by atoms with Crippen molar-refractivity contribution in [2.45, 2.75) is 38.1 Å². The molecule has 1 N–H and O–H groups in total. The molecular formula is C20H19F5N2O3. The van der Waals surface area contributed by atoms with Crippen molar-refractivity contribution in [3.8, 4) is 11.5 Å². The van der Waals surface area contributed by atoms with Gasteiger partial charge in [-0.15, -0.1) is 0 Å². The lowest BCUT2D eigenvalue weighted by molar-refractivity contribution is -0.153. The molecule has 1 amide bonds. The molecule has 1 saturated carbocycles. The van der Waals surface area contributed by atoms with Crippen molar-refractivity contribution in [3.05, 3.63) is 53.9 Å². The fourth-order valence-electron chi connectivity index (χ4n) is 3.07. The molecule has 2 aromatic rings. The molecule has 0 aliphatic heterocycles. The number of hydrogen-bond acceptors (Lipinski definition) is 4. The Morgan fingerprint density at radius 1 is 1.23 bits per heavy atom. The molecule has 1 aliphatic rings. The lowest BCUT2D eigenvalue weighted by Gasteiger charge is -2.14. The number of pyridine rings is 1. The third-order valence-corrected chi connectivity index (χ3v) is 4.60. The number of nitrogens with zero attached hydrogens (tertiary/aromatic N) is 1. The van der Waals surface area contributed by atoms with Crippen LogP contribution in [-0.2, 0) is 4.79 Å². The molecule has 1 fully saturated rings. The second kappa shape index (κ2) is 8.85. The molecule has 2 unspecified atom stereocenters. The first-order chi connectivity index (χ1) is 14.1. The molecule has 5 nitrogen and oxygen atoms in total. The smallest absolute Gasteiger partial charge is 0.422 e. The van der Waals surface area contributed by atoms with Crippen molar-refractivity contribution in [2.24, 2.45) is 5.92 Å². The Balaban J connectivity index is 1.53. The molecule has 1 heterocycles. The summed E-state index contributed by atoms with van der Waals surface area (Å²) in [5.74, 6) is -0.596. The van der Waals surface area contributed by atoms with E-state index in [1.165, 1.54) is 24.3 Å². The van der Waals surface area contributed by atoms with Crippen molar-refractivity contribution in [1.29, 1.82) is 0 Å². The summed E-state index contributed by atoms with van der Waals surface area (Å²) in [4.78, 5) is 16.5. The molecule has 0 bridgehead atoms. The number of benzene rings is 1. The van der Waals surface area contributed by atoms with Crippen molar-refractivity contribution in [2.75, 3.05) is 6.61 Å². The average Bonchev–Trinajstić information content (AvgIpc) is 3.47. The van der Waals surface area contributed by atoms with Gasteiger partial charge in [0.15, 0.2) is 6.61 Å². The summed E-state index contributed by atoms with van der Waals surface area (Å²) in [6, 6.07) is 8.62. The van der Waals surface area contributed by atoms with Gasteiger partial charge in [-0.1, -0.05) is 12.1 Å². The summed E-state index contributed by atoms with van der Waals surface area (Å²) in [5, 5.41) is 2.81. The first kappa shape index (κ1) is 21.8. The summed E-state index contributed by atoms with van der Waals surface area (Å²) >= 11 is 0. The van der Waals surface area contributed by atoms with Gasteiger partial charge in [0.1, 0.15) is 11.5 Å². The Labute approximate surface area is 169 Å². The van der Waals surface area contributed by atoms with Crippen LogP contribution in [0.4, 0.5) is 22.0 Å². The quantitative estimate of drug-likeness (QED) is 0.622. The first-order valence-corrected chi connectivity index (χ1v) is 9.13. The van der Waals surface area contributed by atoms with Gasteiger partial charge in [0, 0.05) is 5.92 Å². The SMILES string of the molecule is C[C@@H](NC(=O)C1CC1c1cccc(OC(F)F)c1)c1ccc(OCC(F)(F)F)cn1. The number of hydrogen-bond donors (Lipinski definition) is 1. The summed E-state index contributed by atoms with van der Waals surface area (Å²) in [6.07, 6.45) is -2.70. The summed E-state index contributed by atoms with van der Waals surface area (Å²) in [7, 11) is 0. The summed E-state index contributed by atoms with van der Waals surface area (Å²) in [5.41, 5.74) is 1.21. The normalized spacial score (nSPS) is 19.3. The molecule has 1 aromatic carbocycles. The van der Waals surface area contributed by atoms with Crippen LogP contribution in [0, 0.1) is 5.92 Å². The molecule has 30 heavy (non-hydrogen) atoms. The predicted octanol–water partition coefficient (Wildman–Crippen LogP) is 4.61. The Kier molecular flexibility index (Phi) is 6.42. The number of alkyl halides is 5. The van der Waals surface area contributed by atoms with E-state index in [1.807, 2.05) is 0 Å². The van der Waals surface area contributed by atoms with Crippen LogP contribution in [0.15, 0.2) is 42.6 Å². The topological polar surface area (TPSA) is 60.5 Å². The van der Waals surface area contributed by atoms with Crippen molar-refractivity contribution in [1.82, 2.24) is 10.3 Å². The van der Waals surface area contributed by atoms with E-state index < -0.39 is 25.4 Å². The lowest BCUT2D eigenvalue weighted by atomic mass is 10.1. The third kappa shape index (κ3) is 6.04. The number of carbonyl (C=O) groups is 1. The van der Waals surface area contributed by atoms with Gasteiger partial charge in [-0.2, -0.15) is 22.0 Å². The van der Waals surface area contributed by atoms with E-state index in [-0.39, 0.29) is 29.2 Å². The van der Waals surface area contributed by atoms with Gasteiger partial charge in [-0.3, -0.25) is 9.78 Å². The molecule has 0 spiro atoms. The molecule has 3 atom stereocenters. The monoisotopic (exact) mass is 430 g/mol. The Bertz CT molecular complexity index is 873. The Hall–Kier alpha value is -2.91. The lowest BCUT2D eigenvalue weighted by Crippen LogP contribution is -2.29. The van der Waals surface area contributed by atoms with Crippen molar-refractivity contribution in [3.63, 3.8) is 0 Å². The second-order valence-electron chi connectivity index (χ2n) is 6.95. The molecule has 1 aliphatic carbocycles. The average molecular weight is 430 g/mol.